The largest absolute Gasteiger partial charge is 0.497 e. The number of rotatable bonds is 8. The number of urea groups is 1. The van der Waals surface area contributed by atoms with Gasteiger partial charge in [-0.15, -0.1) is 0 Å². The van der Waals surface area contributed by atoms with Crippen LogP contribution in [0.15, 0.2) is 84.1 Å². The van der Waals surface area contributed by atoms with Crippen LogP contribution in [0.5, 0.6) is 5.75 Å². The number of amides is 2. The first-order chi connectivity index (χ1) is 17.5. The molecule has 1 unspecified atom stereocenters. The molecule has 7 nitrogen and oxygen atoms in total. The van der Waals surface area contributed by atoms with Gasteiger partial charge in [-0.2, -0.15) is 5.26 Å². The third-order valence-electron chi connectivity index (χ3n) is 5.78. The van der Waals surface area contributed by atoms with Crippen molar-refractivity contribution in [2.24, 2.45) is 0 Å². The zero-order valence-electron chi connectivity index (χ0n) is 19.6. The van der Waals surface area contributed by atoms with Gasteiger partial charge in [-0.25, -0.2) is 9.59 Å². The summed E-state index contributed by atoms with van der Waals surface area (Å²) in [5.74, 6) is 0.0283. The number of ether oxygens (including phenoxy) is 2. The zero-order chi connectivity index (χ0) is 25.5. The normalized spacial score (nSPS) is 14.9. The number of halogens is 1. The van der Waals surface area contributed by atoms with Gasteiger partial charge in [-0.3, -0.25) is 0 Å². The number of benzene rings is 3. The van der Waals surface area contributed by atoms with Crippen molar-refractivity contribution in [3.63, 3.8) is 0 Å². The summed E-state index contributed by atoms with van der Waals surface area (Å²) in [4.78, 5) is 26.1. The molecule has 1 heterocycles. The average molecular weight is 502 g/mol. The molecule has 3 aromatic carbocycles. The molecule has 0 aliphatic carbocycles. The molecule has 0 spiro atoms. The summed E-state index contributed by atoms with van der Waals surface area (Å²) in [6.45, 7) is -0.0157. The van der Waals surface area contributed by atoms with Gasteiger partial charge < -0.3 is 20.1 Å². The molecular formula is C28H24ClN3O4. The van der Waals surface area contributed by atoms with Crippen LogP contribution in [-0.4, -0.2) is 19.1 Å². The van der Waals surface area contributed by atoms with E-state index < -0.39 is 18.0 Å². The van der Waals surface area contributed by atoms with E-state index in [-0.39, 0.29) is 6.61 Å². The van der Waals surface area contributed by atoms with Gasteiger partial charge >= 0.3 is 12.0 Å². The molecule has 36 heavy (non-hydrogen) atoms. The molecule has 1 aliphatic rings. The van der Waals surface area contributed by atoms with E-state index in [1.807, 2.05) is 24.3 Å². The summed E-state index contributed by atoms with van der Waals surface area (Å²) in [5, 5.41) is 15.4. The van der Waals surface area contributed by atoms with Gasteiger partial charge in [-0.1, -0.05) is 48.0 Å². The molecule has 3 aromatic rings. The van der Waals surface area contributed by atoms with Crippen LogP contribution in [0.3, 0.4) is 0 Å². The van der Waals surface area contributed by atoms with Crippen LogP contribution in [0.1, 0.15) is 34.7 Å². The van der Waals surface area contributed by atoms with Crippen molar-refractivity contribution in [2.75, 3.05) is 7.11 Å². The van der Waals surface area contributed by atoms with Crippen molar-refractivity contribution in [3.8, 4) is 11.8 Å². The molecule has 182 valence electrons. The van der Waals surface area contributed by atoms with Crippen LogP contribution in [-0.2, 0) is 22.6 Å². The first-order valence-electron chi connectivity index (χ1n) is 11.3. The molecular weight excluding hydrogens is 478 g/mol. The minimum absolute atomic E-state index is 0.0157. The third kappa shape index (κ3) is 6.04. The van der Waals surface area contributed by atoms with Crippen LogP contribution in [0, 0.1) is 11.3 Å². The number of nitrogens with one attached hydrogen (secondary N) is 2. The highest BCUT2D eigenvalue weighted by atomic mass is 35.5. The van der Waals surface area contributed by atoms with Gasteiger partial charge in [0.25, 0.3) is 0 Å². The van der Waals surface area contributed by atoms with E-state index in [0.29, 0.717) is 51.6 Å². The monoisotopic (exact) mass is 501 g/mol. The molecule has 0 radical (unpaired) electrons. The summed E-state index contributed by atoms with van der Waals surface area (Å²) >= 11 is 6.12. The minimum atomic E-state index is -0.735. The summed E-state index contributed by atoms with van der Waals surface area (Å²) < 4.78 is 11.0. The van der Waals surface area contributed by atoms with Gasteiger partial charge in [-0.05, 0) is 65.9 Å². The maximum atomic E-state index is 13.5. The standard InChI is InChI=1S/C28H24ClN3O4/c1-35-23-10-4-8-21(15-23)26-25(27(33)36-17-20-7-2-6-19(13-20)16-30)24(31-28(34)32-26)12-11-18-5-3-9-22(29)14-18/h2-10,13-15,26H,11-12,17H2,1H3,(H2,31,32,34). The Balaban J connectivity index is 1.67. The van der Waals surface area contributed by atoms with E-state index >= 15 is 0 Å². The number of nitrogens with zero attached hydrogens (tertiary/aromatic N) is 1. The van der Waals surface area contributed by atoms with Crippen LogP contribution in [0.2, 0.25) is 5.02 Å². The van der Waals surface area contributed by atoms with Crippen LogP contribution in [0.4, 0.5) is 4.79 Å². The van der Waals surface area contributed by atoms with E-state index in [1.54, 1.807) is 55.6 Å². The molecule has 1 aliphatic heterocycles. The second-order valence-corrected chi connectivity index (χ2v) is 8.65. The van der Waals surface area contributed by atoms with Gasteiger partial charge in [0.2, 0.25) is 0 Å². The number of hydrogen-bond acceptors (Lipinski definition) is 5. The van der Waals surface area contributed by atoms with E-state index in [2.05, 4.69) is 16.7 Å². The number of methoxy groups -OCH3 is 1. The van der Waals surface area contributed by atoms with Crippen molar-refractivity contribution in [2.45, 2.75) is 25.5 Å². The number of esters is 1. The van der Waals surface area contributed by atoms with Crippen molar-refractivity contribution < 1.29 is 19.1 Å². The molecule has 0 saturated carbocycles. The molecule has 2 amide bonds. The Hall–Kier alpha value is -4.28. The highest BCUT2D eigenvalue weighted by Crippen LogP contribution is 2.31. The van der Waals surface area contributed by atoms with Crippen LogP contribution >= 0.6 is 11.6 Å². The molecule has 0 fully saturated rings. The second kappa shape index (κ2) is 11.4. The number of nitriles is 1. The highest BCUT2D eigenvalue weighted by molar-refractivity contribution is 6.30. The number of hydrogen-bond donors (Lipinski definition) is 2. The number of allylic oxidation sites excluding steroid dienone is 1. The maximum absolute atomic E-state index is 13.5. The Morgan fingerprint density at radius 3 is 2.58 bits per heavy atom. The SMILES string of the molecule is COc1cccc(C2NC(=O)NC(CCc3cccc(Cl)c3)=C2C(=O)OCc2cccc(C#N)c2)c1. The van der Waals surface area contributed by atoms with Crippen molar-refractivity contribution in [1.82, 2.24) is 10.6 Å². The Morgan fingerprint density at radius 2 is 1.81 bits per heavy atom. The van der Waals surface area contributed by atoms with Gasteiger partial charge in [0.05, 0.1) is 30.4 Å². The number of aryl methyl sites for hydroxylation is 1. The quantitative estimate of drug-likeness (QED) is 0.413. The van der Waals surface area contributed by atoms with E-state index in [0.717, 1.165) is 5.56 Å². The summed E-state index contributed by atoms with van der Waals surface area (Å²) in [6.07, 6.45) is 0.949. The lowest BCUT2D eigenvalue weighted by atomic mass is 9.93. The number of carbonyl (C=O) groups excluding carboxylic acids is 2. The lowest BCUT2D eigenvalue weighted by Crippen LogP contribution is -2.46. The summed E-state index contributed by atoms with van der Waals surface area (Å²) in [7, 11) is 1.55. The molecule has 1 atom stereocenters. The zero-order valence-corrected chi connectivity index (χ0v) is 20.3. The fourth-order valence-corrected chi connectivity index (χ4v) is 4.26. The van der Waals surface area contributed by atoms with E-state index in [4.69, 9.17) is 26.3 Å². The second-order valence-electron chi connectivity index (χ2n) is 8.22. The molecule has 8 heteroatoms. The smallest absolute Gasteiger partial charge is 0.338 e. The molecule has 2 N–H and O–H groups in total. The van der Waals surface area contributed by atoms with Crippen molar-refractivity contribution in [3.05, 3.63) is 111 Å². The average Bonchev–Trinajstić information content (AvgIpc) is 2.90. The predicted octanol–water partition coefficient (Wildman–Crippen LogP) is 5.20. The molecule has 0 bridgehead atoms. The molecule has 0 aromatic heterocycles. The minimum Gasteiger partial charge on any atom is -0.497 e. The Kier molecular flexibility index (Phi) is 7.89. The first-order valence-corrected chi connectivity index (χ1v) is 11.7. The van der Waals surface area contributed by atoms with E-state index in [9.17, 15) is 9.59 Å². The Morgan fingerprint density at radius 1 is 1.03 bits per heavy atom. The highest BCUT2D eigenvalue weighted by Gasteiger charge is 2.34. The topological polar surface area (TPSA) is 100 Å². The first kappa shape index (κ1) is 24.8. The van der Waals surface area contributed by atoms with Gasteiger partial charge in [0, 0.05) is 10.7 Å². The van der Waals surface area contributed by atoms with Crippen LogP contribution in [0.25, 0.3) is 0 Å². The molecule has 0 saturated heterocycles. The van der Waals surface area contributed by atoms with Gasteiger partial charge in [0.15, 0.2) is 0 Å². The Labute approximate surface area is 214 Å². The van der Waals surface area contributed by atoms with Crippen molar-refractivity contribution in [1.29, 1.82) is 5.26 Å². The Bertz CT molecular complexity index is 1360. The summed E-state index contributed by atoms with van der Waals surface area (Å²) in [5.41, 5.74) is 3.60. The van der Waals surface area contributed by atoms with E-state index in [1.165, 1.54) is 0 Å². The molecule has 4 rings (SSSR count). The third-order valence-corrected chi connectivity index (χ3v) is 6.01. The fourth-order valence-electron chi connectivity index (χ4n) is 4.05. The lowest BCUT2D eigenvalue weighted by molar-refractivity contribution is -0.140. The van der Waals surface area contributed by atoms with Crippen LogP contribution < -0.4 is 15.4 Å². The van der Waals surface area contributed by atoms with Gasteiger partial charge in [0.1, 0.15) is 12.4 Å². The maximum Gasteiger partial charge on any atom is 0.338 e. The predicted molar refractivity (Wildman–Crippen MR) is 135 cm³/mol. The van der Waals surface area contributed by atoms with Crippen molar-refractivity contribution >= 4 is 23.6 Å². The number of carbonyl (C=O) groups is 2. The summed E-state index contributed by atoms with van der Waals surface area (Å²) in [6, 6.07) is 22.4. The lowest BCUT2D eigenvalue weighted by Gasteiger charge is -2.29. The fraction of sp³-hybridized carbons (Fsp3) is 0.179.